The van der Waals surface area contributed by atoms with Gasteiger partial charge in [-0.2, -0.15) is 0 Å². The average molecular weight is 328 g/mol. The second kappa shape index (κ2) is 6.66. The molecular formula is C14H22BrN3O. The third kappa shape index (κ3) is 3.66. The Hall–Kier alpha value is -0.680. The number of anilines is 1. The van der Waals surface area contributed by atoms with Crippen LogP contribution >= 0.6 is 15.9 Å². The van der Waals surface area contributed by atoms with Crippen molar-refractivity contribution in [3.8, 4) is 0 Å². The van der Waals surface area contributed by atoms with Crippen LogP contribution in [-0.4, -0.2) is 36.3 Å². The summed E-state index contributed by atoms with van der Waals surface area (Å²) in [5.41, 5.74) is 0. The second-order valence-corrected chi connectivity index (χ2v) is 6.01. The van der Waals surface area contributed by atoms with Crippen molar-refractivity contribution in [1.82, 2.24) is 9.97 Å². The molecule has 4 nitrogen and oxygen atoms in total. The van der Waals surface area contributed by atoms with Crippen molar-refractivity contribution in [2.75, 3.05) is 25.1 Å². The normalized spacial score (nSPS) is 23.7. The number of piperidine rings is 1. The molecule has 2 rings (SSSR count). The highest BCUT2D eigenvalue weighted by Gasteiger charge is 2.27. The van der Waals surface area contributed by atoms with Crippen LogP contribution in [0.1, 0.15) is 32.5 Å². The quantitative estimate of drug-likeness (QED) is 0.796. The van der Waals surface area contributed by atoms with Crippen LogP contribution in [0.5, 0.6) is 0 Å². The molecule has 19 heavy (non-hydrogen) atoms. The van der Waals surface area contributed by atoms with Crippen molar-refractivity contribution in [2.45, 2.75) is 39.2 Å². The molecule has 0 spiro atoms. The van der Waals surface area contributed by atoms with Crippen molar-refractivity contribution in [2.24, 2.45) is 5.92 Å². The van der Waals surface area contributed by atoms with E-state index in [2.05, 4.69) is 44.6 Å². The Kier molecular flexibility index (Phi) is 5.16. The topological polar surface area (TPSA) is 38.2 Å². The van der Waals surface area contributed by atoms with Gasteiger partial charge in [-0.15, -0.1) is 0 Å². The monoisotopic (exact) mass is 327 g/mol. The fourth-order valence-electron chi connectivity index (χ4n) is 2.50. The van der Waals surface area contributed by atoms with E-state index in [1.807, 2.05) is 6.07 Å². The fourth-order valence-corrected chi connectivity index (χ4v) is 2.91. The van der Waals surface area contributed by atoms with Gasteiger partial charge in [0, 0.05) is 32.7 Å². The average Bonchev–Trinajstić information content (AvgIpc) is 2.39. The Bertz CT molecular complexity index is 427. The Labute approximate surface area is 123 Å². The lowest BCUT2D eigenvalue weighted by Gasteiger charge is -2.37. The minimum absolute atomic E-state index is 0.289. The molecule has 0 radical (unpaired) electrons. The Morgan fingerprint density at radius 1 is 1.47 bits per heavy atom. The van der Waals surface area contributed by atoms with Gasteiger partial charge in [0.1, 0.15) is 16.2 Å². The maximum absolute atomic E-state index is 5.57. The minimum atomic E-state index is 0.289. The van der Waals surface area contributed by atoms with E-state index in [0.29, 0.717) is 5.92 Å². The maximum Gasteiger partial charge on any atom is 0.133 e. The zero-order valence-electron chi connectivity index (χ0n) is 11.9. The van der Waals surface area contributed by atoms with Gasteiger partial charge in [-0.1, -0.05) is 13.8 Å². The fraction of sp³-hybridized carbons (Fsp3) is 0.714. The molecule has 1 aromatic heterocycles. The summed E-state index contributed by atoms with van der Waals surface area (Å²) in [5.74, 6) is 2.54. The predicted molar refractivity (Wildman–Crippen MR) is 80.5 cm³/mol. The summed E-state index contributed by atoms with van der Waals surface area (Å²) in [6.45, 7) is 6.35. The second-order valence-electron chi connectivity index (χ2n) is 5.20. The number of hydrogen-bond acceptors (Lipinski definition) is 4. The van der Waals surface area contributed by atoms with Gasteiger partial charge in [0.05, 0.1) is 6.10 Å². The van der Waals surface area contributed by atoms with Gasteiger partial charge in [0.25, 0.3) is 0 Å². The minimum Gasteiger partial charge on any atom is -0.379 e. The standard InChI is InChI=1S/C14H22BrN3O/c1-4-5-13-16-12(15)8-14(17-13)18-7-6-10(2)11(9-18)19-3/h8,10-11H,4-7,9H2,1-3H3. The van der Waals surface area contributed by atoms with Crippen LogP contribution < -0.4 is 4.90 Å². The van der Waals surface area contributed by atoms with E-state index in [0.717, 1.165) is 48.6 Å². The van der Waals surface area contributed by atoms with Gasteiger partial charge in [0.15, 0.2) is 0 Å². The molecule has 5 heteroatoms. The molecule has 0 saturated carbocycles. The Morgan fingerprint density at radius 3 is 2.95 bits per heavy atom. The summed E-state index contributed by atoms with van der Waals surface area (Å²) < 4.78 is 6.44. The van der Waals surface area contributed by atoms with Crippen LogP contribution in [0, 0.1) is 5.92 Å². The molecule has 1 aromatic rings. The van der Waals surface area contributed by atoms with E-state index in [-0.39, 0.29) is 6.10 Å². The molecule has 0 aliphatic carbocycles. The molecular weight excluding hydrogens is 306 g/mol. The number of hydrogen-bond donors (Lipinski definition) is 0. The van der Waals surface area contributed by atoms with Crippen LogP contribution in [0.15, 0.2) is 10.7 Å². The molecule has 1 aliphatic rings. The third-order valence-corrected chi connectivity index (χ3v) is 4.12. The van der Waals surface area contributed by atoms with Crippen LogP contribution in [0.25, 0.3) is 0 Å². The first-order valence-corrected chi connectivity index (χ1v) is 7.74. The first-order valence-electron chi connectivity index (χ1n) is 6.95. The summed E-state index contributed by atoms with van der Waals surface area (Å²) in [5, 5.41) is 0. The Balaban J connectivity index is 2.17. The highest BCUT2D eigenvalue weighted by Crippen LogP contribution is 2.25. The SMILES string of the molecule is CCCc1nc(Br)cc(N2CCC(C)C(OC)C2)n1. The van der Waals surface area contributed by atoms with E-state index in [1.165, 1.54) is 0 Å². The maximum atomic E-state index is 5.57. The molecule has 1 saturated heterocycles. The van der Waals surface area contributed by atoms with Crippen molar-refractivity contribution >= 4 is 21.7 Å². The van der Waals surface area contributed by atoms with Gasteiger partial charge in [0.2, 0.25) is 0 Å². The first kappa shape index (κ1) is 14.7. The summed E-state index contributed by atoms with van der Waals surface area (Å²) in [7, 11) is 1.79. The number of nitrogens with zero attached hydrogens (tertiary/aromatic N) is 3. The molecule has 0 amide bonds. The number of rotatable bonds is 4. The molecule has 0 aromatic carbocycles. The number of ether oxygens (including phenoxy) is 1. The van der Waals surface area contributed by atoms with E-state index in [9.17, 15) is 0 Å². The molecule has 0 bridgehead atoms. The molecule has 106 valence electrons. The van der Waals surface area contributed by atoms with Gasteiger partial charge in [-0.3, -0.25) is 0 Å². The smallest absolute Gasteiger partial charge is 0.133 e. The molecule has 0 N–H and O–H groups in total. The van der Waals surface area contributed by atoms with E-state index >= 15 is 0 Å². The van der Waals surface area contributed by atoms with Crippen LogP contribution in [0.2, 0.25) is 0 Å². The first-order chi connectivity index (χ1) is 9.13. The lowest BCUT2D eigenvalue weighted by Crippen LogP contribution is -2.44. The van der Waals surface area contributed by atoms with Crippen LogP contribution in [0.4, 0.5) is 5.82 Å². The zero-order valence-corrected chi connectivity index (χ0v) is 13.5. The largest absolute Gasteiger partial charge is 0.379 e. The summed E-state index contributed by atoms with van der Waals surface area (Å²) in [6.07, 6.45) is 3.42. The van der Waals surface area contributed by atoms with Gasteiger partial charge in [-0.25, -0.2) is 9.97 Å². The van der Waals surface area contributed by atoms with E-state index in [4.69, 9.17) is 4.74 Å². The molecule has 1 fully saturated rings. The number of methoxy groups -OCH3 is 1. The predicted octanol–water partition coefficient (Wildman–Crippen LogP) is 3.05. The lowest BCUT2D eigenvalue weighted by molar-refractivity contribution is 0.0496. The molecule has 2 heterocycles. The highest BCUT2D eigenvalue weighted by atomic mass is 79.9. The van der Waals surface area contributed by atoms with Gasteiger partial charge < -0.3 is 9.64 Å². The zero-order chi connectivity index (χ0) is 13.8. The van der Waals surface area contributed by atoms with Crippen molar-refractivity contribution < 1.29 is 4.74 Å². The van der Waals surface area contributed by atoms with E-state index < -0.39 is 0 Å². The summed E-state index contributed by atoms with van der Waals surface area (Å²) >= 11 is 3.48. The molecule has 2 unspecified atom stereocenters. The Morgan fingerprint density at radius 2 is 2.26 bits per heavy atom. The number of halogens is 1. The highest BCUT2D eigenvalue weighted by molar-refractivity contribution is 9.10. The third-order valence-electron chi connectivity index (χ3n) is 3.72. The van der Waals surface area contributed by atoms with Crippen molar-refractivity contribution in [3.63, 3.8) is 0 Å². The van der Waals surface area contributed by atoms with Crippen molar-refractivity contribution in [1.29, 1.82) is 0 Å². The number of aryl methyl sites for hydroxylation is 1. The number of aromatic nitrogens is 2. The molecule has 1 aliphatic heterocycles. The molecule has 2 atom stereocenters. The van der Waals surface area contributed by atoms with Gasteiger partial charge >= 0.3 is 0 Å². The summed E-state index contributed by atoms with van der Waals surface area (Å²) in [4.78, 5) is 11.4. The summed E-state index contributed by atoms with van der Waals surface area (Å²) in [6, 6.07) is 2.00. The van der Waals surface area contributed by atoms with E-state index in [1.54, 1.807) is 7.11 Å². The van der Waals surface area contributed by atoms with Crippen LogP contribution in [0.3, 0.4) is 0 Å². The van der Waals surface area contributed by atoms with Gasteiger partial charge in [-0.05, 0) is 34.7 Å². The van der Waals surface area contributed by atoms with Crippen LogP contribution in [-0.2, 0) is 11.2 Å². The lowest BCUT2D eigenvalue weighted by atomic mass is 9.96. The van der Waals surface area contributed by atoms with Crippen molar-refractivity contribution in [3.05, 3.63) is 16.5 Å².